The number of hydrogen-bond acceptors (Lipinski definition) is 6. The minimum Gasteiger partial charge on any atom is -0.495 e. The molecule has 0 aromatic heterocycles. The van der Waals surface area contributed by atoms with Crippen LogP contribution in [0.25, 0.3) is 0 Å². The van der Waals surface area contributed by atoms with Crippen molar-refractivity contribution in [1.29, 1.82) is 0 Å². The standard InChI is InChI=1S/C29H29N3O6S2/c1-19-8-13-23(14-9-19)39(34,35)31-26-7-5-6-25(21(26)3)29(33)30-22-11-15-24(16-12-22)40(36,37)32-27-18-20(2)10-17-28(27)38-4/h5-18,31-32H,1-4H3,(H,30,33). The number of aryl methyl sites for hydroxylation is 2. The molecule has 0 spiro atoms. The third-order valence-electron chi connectivity index (χ3n) is 6.18. The van der Waals surface area contributed by atoms with E-state index in [4.69, 9.17) is 4.74 Å². The molecule has 9 nitrogen and oxygen atoms in total. The van der Waals surface area contributed by atoms with Gasteiger partial charge in [-0.2, -0.15) is 0 Å². The highest BCUT2D eigenvalue weighted by atomic mass is 32.2. The van der Waals surface area contributed by atoms with Gasteiger partial charge in [0, 0.05) is 11.3 Å². The van der Waals surface area contributed by atoms with Gasteiger partial charge in [-0.05, 0) is 92.6 Å². The zero-order chi connectivity index (χ0) is 29.1. The molecule has 40 heavy (non-hydrogen) atoms. The van der Waals surface area contributed by atoms with Gasteiger partial charge in [-0.15, -0.1) is 0 Å². The van der Waals surface area contributed by atoms with Crippen molar-refractivity contribution in [2.24, 2.45) is 0 Å². The number of anilines is 3. The number of sulfonamides is 2. The molecular formula is C29H29N3O6S2. The summed E-state index contributed by atoms with van der Waals surface area (Å²) < 4.78 is 61.9. The Morgan fingerprint density at radius 3 is 1.82 bits per heavy atom. The van der Waals surface area contributed by atoms with Gasteiger partial charge in [-0.25, -0.2) is 16.8 Å². The number of hydrogen-bond donors (Lipinski definition) is 3. The highest BCUT2D eigenvalue weighted by molar-refractivity contribution is 7.93. The minimum absolute atomic E-state index is 0.00208. The van der Waals surface area contributed by atoms with Crippen molar-refractivity contribution in [2.45, 2.75) is 30.6 Å². The second-order valence-electron chi connectivity index (χ2n) is 9.18. The summed E-state index contributed by atoms with van der Waals surface area (Å²) in [6, 6.07) is 22.0. The fourth-order valence-corrected chi connectivity index (χ4v) is 6.12. The van der Waals surface area contributed by atoms with E-state index >= 15 is 0 Å². The van der Waals surface area contributed by atoms with Crippen molar-refractivity contribution in [3.63, 3.8) is 0 Å². The van der Waals surface area contributed by atoms with Gasteiger partial charge in [0.05, 0.1) is 28.3 Å². The van der Waals surface area contributed by atoms with Crippen LogP contribution in [0.5, 0.6) is 5.75 Å². The van der Waals surface area contributed by atoms with Crippen molar-refractivity contribution < 1.29 is 26.4 Å². The van der Waals surface area contributed by atoms with Crippen LogP contribution in [0, 0.1) is 20.8 Å². The van der Waals surface area contributed by atoms with Crippen molar-refractivity contribution >= 4 is 43.0 Å². The second-order valence-corrected chi connectivity index (χ2v) is 12.5. The molecule has 0 saturated carbocycles. The van der Waals surface area contributed by atoms with Gasteiger partial charge in [-0.1, -0.05) is 29.8 Å². The number of ether oxygens (including phenoxy) is 1. The summed E-state index contributed by atoms with van der Waals surface area (Å²) in [5.41, 5.74) is 3.43. The quantitative estimate of drug-likeness (QED) is 0.241. The number of methoxy groups -OCH3 is 1. The van der Waals surface area contributed by atoms with Crippen molar-refractivity contribution in [3.05, 3.63) is 107 Å². The van der Waals surface area contributed by atoms with Crippen molar-refractivity contribution in [2.75, 3.05) is 21.9 Å². The van der Waals surface area contributed by atoms with E-state index in [-0.39, 0.29) is 21.0 Å². The summed E-state index contributed by atoms with van der Waals surface area (Å²) in [5, 5.41) is 2.73. The van der Waals surface area contributed by atoms with Crippen LogP contribution in [0.2, 0.25) is 0 Å². The Bertz CT molecular complexity index is 1770. The lowest BCUT2D eigenvalue weighted by Gasteiger charge is -2.15. The molecule has 11 heteroatoms. The minimum atomic E-state index is -3.92. The maximum absolute atomic E-state index is 13.1. The van der Waals surface area contributed by atoms with Crippen LogP contribution in [0.4, 0.5) is 17.1 Å². The molecule has 3 N–H and O–H groups in total. The average Bonchev–Trinajstić information content (AvgIpc) is 2.90. The summed E-state index contributed by atoms with van der Waals surface area (Å²) in [5.74, 6) is -0.0936. The molecular weight excluding hydrogens is 550 g/mol. The highest BCUT2D eigenvalue weighted by Gasteiger charge is 2.20. The molecule has 0 bridgehead atoms. The molecule has 0 radical (unpaired) electrons. The molecule has 4 aromatic carbocycles. The topological polar surface area (TPSA) is 131 Å². The van der Waals surface area contributed by atoms with Gasteiger partial charge < -0.3 is 10.1 Å². The maximum atomic E-state index is 13.1. The lowest BCUT2D eigenvalue weighted by atomic mass is 10.1. The summed E-state index contributed by atoms with van der Waals surface area (Å²) in [6.45, 7) is 5.34. The monoisotopic (exact) mass is 579 g/mol. The molecule has 1 amide bonds. The van der Waals surface area contributed by atoms with E-state index in [0.29, 0.717) is 22.7 Å². The first-order chi connectivity index (χ1) is 18.9. The van der Waals surface area contributed by atoms with Crippen LogP contribution in [0.1, 0.15) is 27.0 Å². The highest BCUT2D eigenvalue weighted by Crippen LogP contribution is 2.28. The van der Waals surface area contributed by atoms with Crippen LogP contribution in [-0.2, 0) is 20.0 Å². The molecule has 0 aliphatic carbocycles. The fraction of sp³-hybridized carbons (Fsp3) is 0.138. The summed E-state index contributed by atoms with van der Waals surface area (Å²) in [7, 11) is -6.32. The van der Waals surface area contributed by atoms with Crippen LogP contribution in [0.3, 0.4) is 0 Å². The zero-order valence-corrected chi connectivity index (χ0v) is 24.0. The van der Waals surface area contributed by atoms with Crippen molar-refractivity contribution in [1.82, 2.24) is 0 Å². The van der Waals surface area contributed by atoms with Crippen LogP contribution in [-0.4, -0.2) is 29.9 Å². The van der Waals surface area contributed by atoms with E-state index in [0.717, 1.165) is 11.1 Å². The van der Waals surface area contributed by atoms with Crippen LogP contribution in [0.15, 0.2) is 94.7 Å². The van der Waals surface area contributed by atoms with Crippen LogP contribution < -0.4 is 19.5 Å². The van der Waals surface area contributed by atoms with E-state index in [1.165, 1.54) is 43.5 Å². The van der Waals surface area contributed by atoms with Gasteiger partial charge in [0.1, 0.15) is 5.75 Å². The third-order valence-corrected chi connectivity index (χ3v) is 8.94. The summed E-state index contributed by atoms with van der Waals surface area (Å²) in [6.07, 6.45) is 0. The molecule has 0 heterocycles. The molecule has 0 atom stereocenters. The van der Waals surface area contributed by atoms with Gasteiger partial charge >= 0.3 is 0 Å². The largest absolute Gasteiger partial charge is 0.495 e. The Hall–Kier alpha value is -4.35. The number of amides is 1. The first-order valence-electron chi connectivity index (χ1n) is 12.2. The van der Waals surface area contributed by atoms with E-state index < -0.39 is 26.0 Å². The SMILES string of the molecule is COc1ccc(C)cc1NS(=O)(=O)c1ccc(NC(=O)c2cccc(NS(=O)(=O)c3ccc(C)cc3)c2C)cc1. The Balaban J connectivity index is 1.50. The fourth-order valence-electron chi connectivity index (χ4n) is 3.93. The number of carbonyl (C=O) groups is 1. The normalized spacial score (nSPS) is 11.5. The summed E-state index contributed by atoms with van der Waals surface area (Å²) in [4.78, 5) is 13.2. The Kier molecular flexibility index (Phi) is 8.17. The van der Waals surface area contributed by atoms with E-state index in [2.05, 4.69) is 14.8 Å². The molecule has 208 valence electrons. The number of rotatable bonds is 9. The number of nitrogens with one attached hydrogen (secondary N) is 3. The Morgan fingerprint density at radius 2 is 1.23 bits per heavy atom. The molecule has 0 fully saturated rings. The van der Waals surface area contributed by atoms with E-state index in [1.807, 2.05) is 19.9 Å². The first-order valence-corrected chi connectivity index (χ1v) is 15.1. The predicted octanol–water partition coefficient (Wildman–Crippen LogP) is 5.47. The van der Waals surface area contributed by atoms with Gasteiger partial charge in [0.15, 0.2) is 0 Å². The second kappa shape index (κ2) is 11.4. The van der Waals surface area contributed by atoms with Crippen LogP contribution >= 0.6 is 0 Å². The molecule has 0 aliphatic rings. The van der Waals surface area contributed by atoms with Gasteiger partial charge in [0.25, 0.3) is 26.0 Å². The Labute approximate surface area is 234 Å². The van der Waals surface area contributed by atoms with Crippen molar-refractivity contribution in [3.8, 4) is 5.75 Å². The smallest absolute Gasteiger partial charge is 0.262 e. The lowest BCUT2D eigenvalue weighted by Crippen LogP contribution is -2.17. The summed E-state index contributed by atoms with van der Waals surface area (Å²) >= 11 is 0. The third kappa shape index (κ3) is 6.44. The van der Waals surface area contributed by atoms with Gasteiger partial charge in [0.2, 0.25) is 0 Å². The van der Waals surface area contributed by atoms with Gasteiger partial charge in [-0.3, -0.25) is 14.2 Å². The average molecular weight is 580 g/mol. The lowest BCUT2D eigenvalue weighted by molar-refractivity contribution is 0.102. The van der Waals surface area contributed by atoms with E-state index in [1.54, 1.807) is 49.4 Å². The maximum Gasteiger partial charge on any atom is 0.262 e. The number of carbonyl (C=O) groups excluding carboxylic acids is 1. The molecule has 0 unspecified atom stereocenters. The molecule has 4 aromatic rings. The number of benzene rings is 4. The Morgan fingerprint density at radius 1 is 0.675 bits per heavy atom. The molecule has 0 aliphatic heterocycles. The predicted molar refractivity (Wildman–Crippen MR) is 156 cm³/mol. The molecule has 0 saturated heterocycles. The zero-order valence-electron chi connectivity index (χ0n) is 22.3. The first kappa shape index (κ1) is 28.7. The molecule has 4 rings (SSSR count). The van der Waals surface area contributed by atoms with E-state index in [9.17, 15) is 21.6 Å².